The van der Waals surface area contributed by atoms with Crippen LogP contribution in [0.25, 0.3) is 16.6 Å². The molecule has 4 aromatic rings. The Labute approximate surface area is 189 Å². The van der Waals surface area contributed by atoms with Crippen LogP contribution < -0.4 is 5.63 Å². The van der Waals surface area contributed by atoms with Crippen LogP contribution in [0, 0.1) is 6.92 Å². The minimum absolute atomic E-state index is 0.00398. The molecule has 0 saturated carbocycles. The van der Waals surface area contributed by atoms with Gasteiger partial charge in [-0.25, -0.2) is 4.79 Å². The number of fused-ring (bicyclic) bond motifs is 3. The van der Waals surface area contributed by atoms with Gasteiger partial charge in [0.05, 0.1) is 17.3 Å². The Bertz CT molecular complexity index is 1430. The highest BCUT2D eigenvalue weighted by Gasteiger charge is 2.26. The molecule has 1 N–H and O–H groups in total. The topological polar surface area (TPSA) is 92.2 Å². The highest BCUT2D eigenvalue weighted by Crippen LogP contribution is 2.29. The number of carbonyl (C=O) groups excluding carboxylic acids is 1. The molecule has 3 heterocycles. The first-order chi connectivity index (χ1) is 15.9. The largest absolute Gasteiger partial charge is 0.481 e. The second kappa shape index (κ2) is 8.24. The summed E-state index contributed by atoms with van der Waals surface area (Å²) in [6.07, 6.45) is 1.87. The van der Waals surface area contributed by atoms with Crippen LogP contribution in [0.15, 0.2) is 63.8 Å². The molecule has 33 heavy (non-hydrogen) atoms. The van der Waals surface area contributed by atoms with E-state index in [1.54, 1.807) is 24.3 Å². The van der Waals surface area contributed by atoms with Crippen LogP contribution in [0.4, 0.5) is 0 Å². The molecule has 1 unspecified atom stereocenters. The monoisotopic (exact) mass is 444 g/mol. The summed E-state index contributed by atoms with van der Waals surface area (Å²) in [5.41, 5.74) is 4.05. The second-order valence-electron chi connectivity index (χ2n) is 8.67. The molecule has 5 rings (SSSR count). The minimum Gasteiger partial charge on any atom is -0.481 e. The third-order valence-electron chi connectivity index (χ3n) is 6.46. The van der Waals surface area contributed by atoms with Gasteiger partial charge in [0.15, 0.2) is 0 Å². The number of carboxylic acids is 1. The lowest BCUT2D eigenvalue weighted by Gasteiger charge is -2.33. The number of aromatic nitrogens is 1. The number of rotatable bonds is 4. The molecule has 2 aromatic heterocycles. The van der Waals surface area contributed by atoms with E-state index in [-0.39, 0.29) is 18.2 Å². The van der Waals surface area contributed by atoms with Gasteiger partial charge < -0.3 is 14.4 Å². The highest BCUT2D eigenvalue weighted by molar-refractivity contribution is 5.98. The normalized spacial score (nSPS) is 16.4. The Balaban J connectivity index is 1.42. The summed E-state index contributed by atoms with van der Waals surface area (Å²) in [6, 6.07) is 16.4. The molecule has 0 radical (unpaired) electrons. The fourth-order valence-electron chi connectivity index (χ4n) is 4.77. The van der Waals surface area contributed by atoms with Crippen molar-refractivity contribution in [3.05, 3.63) is 87.4 Å². The molecule has 0 aliphatic carbocycles. The predicted molar refractivity (Wildman–Crippen MR) is 124 cm³/mol. The molecule has 1 amide bonds. The lowest BCUT2D eigenvalue weighted by molar-refractivity contribution is -0.136. The fraction of sp³-hybridized carbons (Fsp3) is 0.269. The van der Waals surface area contributed by atoms with E-state index < -0.39 is 11.6 Å². The van der Waals surface area contributed by atoms with Crippen molar-refractivity contribution in [1.82, 2.24) is 9.30 Å². The van der Waals surface area contributed by atoms with Crippen LogP contribution >= 0.6 is 0 Å². The number of hydrogen-bond donors (Lipinski definition) is 1. The number of carboxylic acid groups (broad SMARTS) is 1. The van der Waals surface area contributed by atoms with Gasteiger partial charge >= 0.3 is 11.6 Å². The van der Waals surface area contributed by atoms with Gasteiger partial charge in [-0.05, 0) is 55.2 Å². The maximum atomic E-state index is 13.4. The Hall–Kier alpha value is -3.87. The number of amides is 1. The van der Waals surface area contributed by atoms with Gasteiger partial charge in [-0.2, -0.15) is 0 Å². The van der Waals surface area contributed by atoms with Crippen molar-refractivity contribution in [1.29, 1.82) is 0 Å². The van der Waals surface area contributed by atoms with Gasteiger partial charge in [-0.15, -0.1) is 0 Å². The SMILES string of the molecule is Cc1ccc2oc(=O)c3ccc(C(=O)N4CCCC(c5ccc(CC(=O)O)cc5)C4)cc3n12. The van der Waals surface area contributed by atoms with Crippen LogP contribution in [-0.4, -0.2) is 39.4 Å². The first kappa shape index (κ1) is 21.0. The zero-order valence-corrected chi connectivity index (χ0v) is 18.3. The molecule has 0 spiro atoms. The molecule has 0 bridgehead atoms. The van der Waals surface area contributed by atoms with Gasteiger partial charge in [0.2, 0.25) is 5.71 Å². The van der Waals surface area contributed by atoms with Gasteiger partial charge in [0.25, 0.3) is 5.91 Å². The fourth-order valence-corrected chi connectivity index (χ4v) is 4.77. The summed E-state index contributed by atoms with van der Waals surface area (Å²) < 4.78 is 7.24. The number of nitrogens with zero attached hydrogens (tertiary/aromatic N) is 2. The van der Waals surface area contributed by atoms with Crippen LogP contribution in [0.2, 0.25) is 0 Å². The Morgan fingerprint density at radius 2 is 1.88 bits per heavy atom. The Kier molecular flexibility index (Phi) is 5.24. The van der Waals surface area contributed by atoms with E-state index >= 15 is 0 Å². The number of benzene rings is 2. The predicted octanol–water partition coefficient (Wildman–Crippen LogP) is 4.00. The lowest BCUT2D eigenvalue weighted by atomic mass is 9.89. The number of carbonyl (C=O) groups is 2. The number of piperidine rings is 1. The van der Waals surface area contributed by atoms with E-state index in [1.807, 2.05) is 46.6 Å². The van der Waals surface area contributed by atoms with Gasteiger partial charge in [-0.3, -0.25) is 14.0 Å². The van der Waals surface area contributed by atoms with E-state index in [0.29, 0.717) is 35.3 Å². The molecule has 1 aliphatic heterocycles. The third kappa shape index (κ3) is 3.91. The lowest BCUT2D eigenvalue weighted by Crippen LogP contribution is -2.39. The third-order valence-corrected chi connectivity index (χ3v) is 6.46. The van der Waals surface area contributed by atoms with Crippen molar-refractivity contribution in [3.63, 3.8) is 0 Å². The maximum Gasteiger partial charge on any atom is 0.346 e. The summed E-state index contributed by atoms with van der Waals surface area (Å²) in [6.45, 7) is 3.21. The molecule has 1 aliphatic rings. The molecular formula is C26H24N2O5. The van der Waals surface area contributed by atoms with E-state index in [1.165, 1.54) is 0 Å². The van der Waals surface area contributed by atoms with Gasteiger partial charge in [0, 0.05) is 36.3 Å². The van der Waals surface area contributed by atoms with E-state index in [2.05, 4.69) is 0 Å². The van der Waals surface area contributed by atoms with E-state index in [4.69, 9.17) is 9.52 Å². The maximum absolute atomic E-state index is 13.4. The summed E-state index contributed by atoms with van der Waals surface area (Å²) >= 11 is 0. The van der Waals surface area contributed by atoms with Crippen molar-refractivity contribution >= 4 is 28.5 Å². The zero-order chi connectivity index (χ0) is 23.1. The second-order valence-corrected chi connectivity index (χ2v) is 8.67. The average Bonchev–Trinajstić information content (AvgIpc) is 3.19. The molecule has 2 aromatic carbocycles. The minimum atomic E-state index is -0.849. The molecular weight excluding hydrogens is 420 g/mol. The zero-order valence-electron chi connectivity index (χ0n) is 18.3. The van der Waals surface area contributed by atoms with Gasteiger partial charge in [-0.1, -0.05) is 24.3 Å². The quantitative estimate of drug-likeness (QED) is 0.514. The molecule has 1 fully saturated rings. The molecule has 1 saturated heterocycles. The van der Waals surface area contributed by atoms with E-state index in [9.17, 15) is 14.4 Å². The molecule has 1 atom stereocenters. The standard InChI is InChI=1S/C26H24N2O5/c1-16-4-11-23-28(16)22-14-19(9-10-21(22)26(32)33-23)25(31)27-12-2-3-20(15-27)18-7-5-17(6-8-18)13-24(29)30/h4-11,14,20H,2-3,12-13,15H2,1H3,(H,29,30). The number of aryl methyl sites for hydroxylation is 1. The van der Waals surface area contributed by atoms with Crippen molar-refractivity contribution in [2.24, 2.45) is 0 Å². The van der Waals surface area contributed by atoms with Crippen LogP contribution in [-0.2, 0) is 11.2 Å². The Morgan fingerprint density at radius 3 is 2.64 bits per heavy atom. The average molecular weight is 444 g/mol. The van der Waals surface area contributed by atoms with Crippen molar-refractivity contribution in [3.8, 4) is 0 Å². The van der Waals surface area contributed by atoms with Crippen molar-refractivity contribution in [2.75, 3.05) is 13.1 Å². The number of likely N-dealkylation sites (tertiary alicyclic amines) is 1. The molecule has 168 valence electrons. The van der Waals surface area contributed by atoms with Gasteiger partial charge in [0.1, 0.15) is 0 Å². The number of aliphatic carboxylic acids is 1. The summed E-state index contributed by atoms with van der Waals surface area (Å²) in [7, 11) is 0. The smallest absolute Gasteiger partial charge is 0.346 e. The van der Waals surface area contributed by atoms with Crippen LogP contribution in [0.3, 0.4) is 0 Å². The Morgan fingerprint density at radius 1 is 1.09 bits per heavy atom. The first-order valence-corrected chi connectivity index (χ1v) is 11.1. The van der Waals surface area contributed by atoms with Crippen LogP contribution in [0.1, 0.15) is 45.9 Å². The van der Waals surface area contributed by atoms with Crippen LogP contribution in [0.5, 0.6) is 0 Å². The van der Waals surface area contributed by atoms with E-state index in [0.717, 1.165) is 29.7 Å². The molecule has 7 nitrogen and oxygen atoms in total. The summed E-state index contributed by atoms with van der Waals surface area (Å²) in [4.78, 5) is 38.5. The first-order valence-electron chi connectivity index (χ1n) is 11.1. The summed E-state index contributed by atoms with van der Waals surface area (Å²) in [5, 5.41) is 9.40. The van der Waals surface area contributed by atoms with Crippen molar-refractivity contribution < 1.29 is 19.1 Å². The molecule has 7 heteroatoms. The van der Waals surface area contributed by atoms with Crippen molar-refractivity contribution in [2.45, 2.75) is 32.1 Å². The highest BCUT2D eigenvalue weighted by atomic mass is 16.4. The number of hydrogen-bond acceptors (Lipinski definition) is 4. The summed E-state index contributed by atoms with van der Waals surface area (Å²) in [5.74, 6) is -0.708.